The van der Waals surface area contributed by atoms with Gasteiger partial charge in [-0.05, 0) is 38.1 Å². The standard InChI is InChI=1S/C17H19N5O/c1-3-22-11-13(10-19-22)20-12(2)17(23)21-16-8-4-7-15-14(16)6-5-9-18-15/h4-12,20H,3H2,1-2H3,(H,21,23)/t12-/m0/s1. The van der Waals surface area contributed by atoms with Gasteiger partial charge in [-0.15, -0.1) is 0 Å². The summed E-state index contributed by atoms with van der Waals surface area (Å²) >= 11 is 0. The lowest BCUT2D eigenvalue weighted by molar-refractivity contribution is -0.116. The van der Waals surface area contributed by atoms with Crippen LogP contribution in [0.4, 0.5) is 11.4 Å². The molecule has 1 amide bonds. The van der Waals surface area contributed by atoms with Gasteiger partial charge in [0.2, 0.25) is 5.91 Å². The van der Waals surface area contributed by atoms with Crippen LogP contribution in [0.15, 0.2) is 48.9 Å². The molecular formula is C17H19N5O. The van der Waals surface area contributed by atoms with Gasteiger partial charge in [-0.2, -0.15) is 5.10 Å². The lowest BCUT2D eigenvalue weighted by Crippen LogP contribution is -2.31. The van der Waals surface area contributed by atoms with E-state index in [-0.39, 0.29) is 11.9 Å². The SMILES string of the molecule is CCn1cc(N[C@@H](C)C(=O)Nc2cccc3ncccc23)cn1. The molecule has 23 heavy (non-hydrogen) atoms. The Morgan fingerprint density at radius 1 is 1.30 bits per heavy atom. The van der Waals surface area contributed by atoms with Crippen molar-refractivity contribution in [1.82, 2.24) is 14.8 Å². The Bertz CT molecular complexity index is 821. The molecule has 0 bridgehead atoms. The molecule has 1 atom stereocenters. The number of benzene rings is 1. The van der Waals surface area contributed by atoms with Crippen LogP contribution in [-0.4, -0.2) is 26.7 Å². The monoisotopic (exact) mass is 309 g/mol. The van der Waals surface area contributed by atoms with Gasteiger partial charge in [-0.3, -0.25) is 14.5 Å². The van der Waals surface area contributed by atoms with Crippen LogP contribution < -0.4 is 10.6 Å². The van der Waals surface area contributed by atoms with E-state index in [0.717, 1.165) is 28.8 Å². The fourth-order valence-corrected chi connectivity index (χ4v) is 2.38. The molecule has 2 N–H and O–H groups in total. The van der Waals surface area contributed by atoms with E-state index in [4.69, 9.17) is 0 Å². The number of hydrogen-bond donors (Lipinski definition) is 2. The van der Waals surface area contributed by atoms with Gasteiger partial charge in [-0.1, -0.05) is 6.07 Å². The zero-order valence-electron chi connectivity index (χ0n) is 13.2. The predicted octanol–water partition coefficient (Wildman–Crippen LogP) is 2.89. The summed E-state index contributed by atoms with van der Waals surface area (Å²) in [6, 6.07) is 9.11. The number of pyridine rings is 1. The summed E-state index contributed by atoms with van der Waals surface area (Å²) in [6.07, 6.45) is 5.34. The van der Waals surface area contributed by atoms with E-state index in [0.29, 0.717) is 0 Å². The highest BCUT2D eigenvalue weighted by Gasteiger charge is 2.14. The first-order valence-electron chi connectivity index (χ1n) is 7.61. The first kappa shape index (κ1) is 15.0. The molecule has 0 spiro atoms. The number of carbonyl (C=O) groups excluding carboxylic acids is 1. The number of hydrogen-bond acceptors (Lipinski definition) is 4. The number of aryl methyl sites for hydroxylation is 1. The van der Waals surface area contributed by atoms with Gasteiger partial charge in [0, 0.05) is 24.3 Å². The van der Waals surface area contributed by atoms with Crippen LogP contribution in [0.1, 0.15) is 13.8 Å². The summed E-state index contributed by atoms with van der Waals surface area (Å²) in [7, 11) is 0. The highest BCUT2D eigenvalue weighted by Crippen LogP contribution is 2.21. The van der Waals surface area contributed by atoms with Crippen LogP contribution in [0.2, 0.25) is 0 Å². The molecule has 0 aliphatic heterocycles. The molecule has 0 saturated carbocycles. The van der Waals surface area contributed by atoms with Gasteiger partial charge in [0.25, 0.3) is 0 Å². The second-order valence-electron chi connectivity index (χ2n) is 5.32. The van der Waals surface area contributed by atoms with Crippen LogP contribution in [0.3, 0.4) is 0 Å². The maximum Gasteiger partial charge on any atom is 0.246 e. The number of nitrogens with zero attached hydrogens (tertiary/aromatic N) is 3. The van der Waals surface area contributed by atoms with Crippen LogP contribution >= 0.6 is 0 Å². The minimum atomic E-state index is -0.378. The first-order chi connectivity index (χ1) is 11.2. The third-order valence-corrected chi connectivity index (χ3v) is 3.64. The van der Waals surface area contributed by atoms with E-state index in [9.17, 15) is 4.79 Å². The van der Waals surface area contributed by atoms with E-state index in [1.54, 1.807) is 12.4 Å². The summed E-state index contributed by atoms with van der Waals surface area (Å²) in [5.74, 6) is -0.106. The molecule has 0 saturated heterocycles. The molecular weight excluding hydrogens is 290 g/mol. The van der Waals surface area contributed by atoms with E-state index in [2.05, 4.69) is 20.7 Å². The first-order valence-corrected chi connectivity index (χ1v) is 7.61. The molecule has 0 aliphatic rings. The second kappa shape index (κ2) is 6.48. The smallest absolute Gasteiger partial charge is 0.246 e. The van der Waals surface area contributed by atoms with Crippen LogP contribution in [0.5, 0.6) is 0 Å². The predicted molar refractivity (Wildman–Crippen MR) is 91.4 cm³/mol. The molecule has 0 aliphatic carbocycles. The van der Waals surface area contributed by atoms with E-state index in [1.807, 2.05) is 55.1 Å². The highest BCUT2D eigenvalue weighted by atomic mass is 16.2. The minimum absolute atomic E-state index is 0.106. The lowest BCUT2D eigenvalue weighted by Gasteiger charge is -2.15. The van der Waals surface area contributed by atoms with Crippen LogP contribution in [-0.2, 0) is 11.3 Å². The molecule has 0 radical (unpaired) electrons. The van der Waals surface area contributed by atoms with Gasteiger partial charge < -0.3 is 10.6 Å². The maximum atomic E-state index is 12.4. The largest absolute Gasteiger partial charge is 0.371 e. The molecule has 0 fully saturated rings. The number of rotatable bonds is 5. The molecule has 2 aromatic heterocycles. The Morgan fingerprint density at radius 2 is 2.17 bits per heavy atom. The van der Waals surface area contributed by atoms with Gasteiger partial charge in [0.1, 0.15) is 6.04 Å². The zero-order chi connectivity index (χ0) is 16.2. The van der Waals surface area contributed by atoms with Gasteiger partial charge >= 0.3 is 0 Å². The number of aromatic nitrogens is 3. The van der Waals surface area contributed by atoms with Crippen molar-refractivity contribution >= 4 is 28.2 Å². The van der Waals surface area contributed by atoms with Gasteiger partial charge in [0.15, 0.2) is 0 Å². The third-order valence-electron chi connectivity index (χ3n) is 3.64. The van der Waals surface area contributed by atoms with Crippen LogP contribution in [0, 0.1) is 0 Å². The fraction of sp³-hybridized carbons (Fsp3) is 0.235. The van der Waals surface area contributed by atoms with Crippen molar-refractivity contribution in [2.45, 2.75) is 26.4 Å². The number of fused-ring (bicyclic) bond motifs is 1. The summed E-state index contributed by atoms with van der Waals surface area (Å²) < 4.78 is 1.81. The summed E-state index contributed by atoms with van der Waals surface area (Å²) in [4.78, 5) is 16.7. The van der Waals surface area contributed by atoms with Gasteiger partial charge in [-0.25, -0.2) is 0 Å². The summed E-state index contributed by atoms with van der Waals surface area (Å²) in [5.41, 5.74) is 2.45. The van der Waals surface area contributed by atoms with Crippen molar-refractivity contribution < 1.29 is 4.79 Å². The molecule has 6 heteroatoms. The van der Waals surface area contributed by atoms with Crippen molar-refractivity contribution in [3.05, 3.63) is 48.9 Å². The Balaban J connectivity index is 1.72. The zero-order valence-corrected chi connectivity index (χ0v) is 13.2. The average molecular weight is 309 g/mol. The molecule has 1 aromatic carbocycles. The molecule has 3 aromatic rings. The van der Waals surface area contributed by atoms with E-state index >= 15 is 0 Å². The second-order valence-corrected chi connectivity index (χ2v) is 5.32. The topological polar surface area (TPSA) is 71.8 Å². The number of amides is 1. The average Bonchev–Trinajstić information content (AvgIpc) is 3.02. The van der Waals surface area contributed by atoms with Crippen molar-refractivity contribution in [1.29, 1.82) is 0 Å². The molecule has 118 valence electrons. The number of anilines is 2. The Hall–Kier alpha value is -2.89. The number of nitrogens with one attached hydrogen (secondary N) is 2. The van der Waals surface area contributed by atoms with E-state index < -0.39 is 0 Å². The Morgan fingerprint density at radius 3 is 2.96 bits per heavy atom. The normalized spacial score (nSPS) is 12.1. The van der Waals surface area contributed by atoms with Gasteiger partial charge in [0.05, 0.1) is 23.1 Å². The van der Waals surface area contributed by atoms with Crippen LogP contribution in [0.25, 0.3) is 10.9 Å². The lowest BCUT2D eigenvalue weighted by atomic mass is 10.1. The third kappa shape index (κ3) is 3.31. The minimum Gasteiger partial charge on any atom is -0.371 e. The number of carbonyl (C=O) groups is 1. The Labute approximate surface area is 134 Å². The summed E-state index contributed by atoms with van der Waals surface area (Å²) in [5, 5.41) is 11.2. The van der Waals surface area contributed by atoms with Crippen molar-refractivity contribution in [2.75, 3.05) is 10.6 Å². The van der Waals surface area contributed by atoms with Crippen molar-refractivity contribution in [2.24, 2.45) is 0 Å². The molecule has 6 nitrogen and oxygen atoms in total. The quantitative estimate of drug-likeness (QED) is 0.760. The van der Waals surface area contributed by atoms with Crippen molar-refractivity contribution in [3.63, 3.8) is 0 Å². The van der Waals surface area contributed by atoms with E-state index in [1.165, 1.54) is 0 Å². The molecule has 0 unspecified atom stereocenters. The fourth-order valence-electron chi connectivity index (χ4n) is 2.38. The summed E-state index contributed by atoms with van der Waals surface area (Å²) in [6.45, 7) is 4.63. The maximum absolute atomic E-state index is 12.4. The molecule has 3 rings (SSSR count). The molecule has 2 heterocycles. The Kier molecular flexibility index (Phi) is 4.23. The highest BCUT2D eigenvalue weighted by molar-refractivity contribution is 6.03. The van der Waals surface area contributed by atoms with Crippen molar-refractivity contribution in [3.8, 4) is 0 Å².